The summed E-state index contributed by atoms with van der Waals surface area (Å²) in [6.07, 6.45) is 2.27. The van der Waals surface area contributed by atoms with Crippen molar-refractivity contribution >= 4 is 5.57 Å². The third-order valence-corrected chi connectivity index (χ3v) is 3.52. The van der Waals surface area contributed by atoms with Crippen LogP contribution in [0.5, 0.6) is 0 Å². The van der Waals surface area contributed by atoms with Gasteiger partial charge in [-0.05, 0) is 54.5 Å². The van der Waals surface area contributed by atoms with E-state index in [2.05, 4.69) is 6.08 Å². The Bertz CT molecular complexity index is 524. The van der Waals surface area contributed by atoms with Crippen molar-refractivity contribution in [3.63, 3.8) is 0 Å². The number of hydrogen-bond donors (Lipinski definition) is 0. The second-order valence-corrected chi connectivity index (χ2v) is 4.81. The minimum absolute atomic E-state index is 0.578. The molecule has 1 aromatic carbocycles. The summed E-state index contributed by atoms with van der Waals surface area (Å²) in [5.74, 6) is 0. The standard InChI is InChI=1S/C15H13F3/c16-15(17,18)12-8-6-11(7-9-12)14-3-1-2-13(14)10-4-5-10/h3,6-9H,1-2,4-5H2. The van der Waals surface area contributed by atoms with E-state index in [9.17, 15) is 13.2 Å². The number of halogens is 3. The lowest BCUT2D eigenvalue weighted by molar-refractivity contribution is -0.137. The van der Waals surface area contributed by atoms with E-state index in [1.807, 2.05) is 0 Å². The van der Waals surface area contributed by atoms with Crippen LogP contribution in [0.2, 0.25) is 0 Å². The third-order valence-electron chi connectivity index (χ3n) is 3.52. The summed E-state index contributed by atoms with van der Waals surface area (Å²) in [7, 11) is 0. The van der Waals surface area contributed by atoms with Gasteiger partial charge in [-0.3, -0.25) is 0 Å². The van der Waals surface area contributed by atoms with Crippen LogP contribution in [0.25, 0.3) is 5.57 Å². The van der Waals surface area contributed by atoms with E-state index in [0.29, 0.717) is 0 Å². The highest BCUT2D eigenvalue weighted by atomic mass is 19.4. The van der Waals surface area contributed by atoms with Gasteiger partial charge >= 0.3 is 6.18 Å². The van der Waals surface area contributed by atoms with Gasteiger partial charge in [0.1, 0.15) is 0 Å². The Balaban J connectivity index is 1.92. The molecular weight excluding hydrogens is 237 g/mol. The zero-order valence-corrected chi connectivity index (χ0v) is 9.85. The van der Waals surface area contributed by atoms with Gasteiger partial charge in [-0.2, -0.15) is 13.2 Å². The fourth-order valence-electron chi connectivity index (χ4n) is 2.48. The van der Waals surface area contributed by atoms with Crippen LogP contribution >= 0.6 is 0 Å². The van der Waals surface area contributed by atoms with Gasteiger partial charge in [-0.25, -0.2) is 0 Å². The van der Waals surface area contributed by atoms with E-state index in [1.165, 1.54) is 23.3 Å². The Morgan fingerprint density at radius 3 is 2.11 bits per heavy atom. The molecule has 0 radical (unpaired) electrons. The Morgan fingerprint density at radius 2 is 1.56 bits per heavy atom. The highest BCUT2D eigenvalue weighted by molar-refractivity contribution is 5.82. The zero-order valence-electron chi connectivity index (χ0n) is 9.85. The zero-order chi connectivity index (χ0) is 12.8. The lowest BCUT2D eigenvalue weighted by Crippen LogP contribution is -2.04. The molecule has 0 bridgehead atoms. The first-order valence-corrected chi connectivity index (χ1v) is 6.15. The van der Waals surface area contributed by atoms with E-state index >= 15 is 0 Å². The fraction of sp³-hybridized carbons (Fsp3) is 0.333. The van der Waals surface area contributed by atoms with Gasteiger partial charge in [0.25, 0.3) is 0 Å². The van der Waals surface area contributed by atoms with Crippen molar-refractivity contribution < 1.29 is 13.2 Å². The van der Waals surface area contributed by atoms with Gasteiger partial charge < -0.3 is 0 Å². The molecule has 1 saturated carbocycles. The normalized spacial score (nSPS) is 19.2. The molecule has 0 aliphatic heterocycles. The smallest absolute Gasteiger partial charge is 0.166 e. The highest BCUT2D eigenvalue weighted by Crippen LogP contribution is 2.44. The third kappa shape index (κ3) is 2.09. The van der Waals surface area contributed by atoms with Crippen molar-refractivity contribution in [3.8, 4) is 0 Å². The second kappa shape index (κ2) is 4.01. The number of benzene rings is 1. The summed E-state index contributed by atoms with van der Waals surface area (Å²) in [6, 6.07) is 5.51. The van der Waals surface area contributed by atoms with Crippen LogP contribution in [0.3, 0.4) is 0 Å². The van der Waals surface area contributed by atoms with Gasteiger partial charge in [-0.1, -0.05) is 23.8 Å². The van der Waals surface area contributed by atoms with Gasteiger partial charge in [0.2, 0.25) is 0 Å². The van der Waals surface area contributed by atoms with E-state index in [-0.39, 0.29) is 0 Å². The van der Waals surface area contributed by atoms with Crippen molar-refractivity contribution in [2.45, 2.75) is 31.9 Å². The summed E-state index contributed by atoms with van der Waals surface area (Å²) < 4.78 is 37.5. The monoisotopic (exact) mass is 250 g/mol. The Morgan fingerprint density at radius 1 is 0.889 bits per heavy atom. The molecule has 0 nitrogen and oxygen atoms in total. The van der Waals surface area contributed by atoms with Gasteiger partial charge in [0, 0.05) is 0 Å². The molecule has 0 N–H and O–H groups in total. The van der Waals surface area contributed by atoms with Crippen LogP contribution in [-0.4, -0.2) is 0 Å². The first-order valence-electron chi connectivity index (χ1n) is 6.15. The molecule has 0 unspecified atom stereocenters. The molecule has 0 saturated heterocycles. The maximum atomic E-state index is 12.5. The molecule has 0 spiro atoms. The summed E-state index contributed by atoms with van der Waals surface area (Å²) >= 11 is 0. The van der Waals surface area contributed by atoms with E-state index in [4.69, 9.17) is 0 Å². The number of allylic oxidation sites excluding steroid dienone is 4. The van der Waals surface area contributed by atoms with Crippen LogP contribution in [0, 0.1) is 0 Å². The molecular formula is C15H13F3. The van der Waals surface area contributed by atoms with E-state index < -0.39 is 11.7 Å². The average Bonchev–Trinajstić information content (AvgIpc) is 3.06. The van der Waals surface area contributed by atoms with E-state index in [1.54, 1.807) is 12.1 Å². The first-order chi connectivity index (χ1) is 8.55. The molecule has 94 valence electrons. The molecule has 0 atom stereocenters. The lowest BCUT2D eigenvalue weighted by Gasteiger charge is -2.09. The number of hydrogen-bond acceptors (Lipinski definition) is 0. The Labute approximate surface area is 104 Å². The minimum Gasteiger partial charge on any atom is -0.166 e. The van der Waals surface area contributed by atoms with Gasteiger partial charge in [0.15, 0.2) is 0 Å². The quantitative estimate of drug-likeness (QED) is 0.660. The predicted octanol–water partition coefficient (Wildman–Crippen LogP) is 4.97. The van der Waals surface area contributed by atoms with Crippen molar-refractivity contribution in [1.29, 1.82) is 0 Å². The summed E-state index contributed by atoms with van der Waals surface area (Å²) in [5.41, 5.74) is 4.34. The summed E-state index contributed by atoms with van der Waals surface area (Å²) in [4.78, 5) is 0. The van der Waals surface area contributed by atoms with Crippen LogP contribution in [0.4, 0.5) is 13.2 Å². The molecule has 3 heteroatoms. The van der Waals surface area contributed by atoms with E-state index in [0.717, 1.165) is 36.8 Å². The van der Waals surface area contributed by atoms with Crippen LogP contribution < -0.4 is 0 Å². The van der Waals surface area contributed by atoms with Crippen molar-refractivity contribution in [3.05, 3.63) is 52.6 Å². The molecule has 1 aromatic rings. The molecule has 0 aromatic heterocycles. The predicted molar refractivity (Wildman–Crippen MR) is 64.9 cm³/mol. The summed E-state index contributed by atoms with van der Waals surface area (Å²) in [6.45, 7) is 0. The topological polar surface area (TPSA) is 0 Å². The Kier molecular flexibility index (Phi) is 2.58. The van der Waals surface area contributed by atoms with Gasteiger partial charge in [0.05, 0.1) is 5.56 Å². The average molecular weight is 250 g/mol. The molecule has 2 aliphatic rings. The molecule has 18 heavy (non-hydrogen) atoms. The highest BCUT2D eigenvalue weighted by Gasteiger charge is 2.30. The molecule has 0 amide bonds. The fourth-order valence-corrected chi connectivity index (χ4v) is 2.48. The van der Waals surface area contributed by atoms with Crippen LogP contribution in [0.1, 0.15) is 36.8 Å². The largest absolute Gasteiger partial charge is 0.416 e. The van der Waals surface area contributed by atoms with Crippen molar-refractivity contribution in [2.75, 3.05) is 0 Å². The minimum atomic E-state index is -4.25. The molecule has 0 heterocycles. The van der Waals surface area contributed by atoms with Crippen LogP contribution in [-0.2, 0) is 6.18 Å². The van der Waals surface area contributed by atoms with Crippen molar-refractivity contribution in [1.82, 2.24) is 0 Å². The number of rotatable bonds is 1. The maximum Gasteiger partial charge on any atom is 0.416 e. The lowest BCUT2D eigenvalue weighted by atomic mass is 9.98. The molecule has 1 fully saturated rings. The van der Waals surface area contributed by atoms with Crippen LogP contribution in [0.15, 0.2) is 41.5 Å². The second-order valence-electron chi connectivity index (χ2n) is 4.81. The first kappa shape index (κ1) is 11.6. The SMILES string of the molecule is FC(F)(F)c1ccc(C2=CCCC2=C2CC2)cc1. The van der Waals surface area contributed by atoms with Gasteiger partial charge in [-0.15, -0.1) is 0 Å². The maximum absolute atomic E-state index is 12.5. The summed E-state index contributed by atoms with van der Waals surface area (Å²) in [5, 5.41) is 0. The number of alkyl halides is 3. The Hall–Kier alpha value is -1.51. The molecule has 3 rings (SSSR count). The molecule has 2 aliphatic carbocycles. The van der Waals surface area contributed by atoms with Crippen molar-refractivity contribution in [2.24, 2.45) is 0 Å².